The lowest BCUT2D eigenvalue weighted by Crippen LogP contribution is -2.03. The van der Waals surface area contributed by atoms with Crippen LogP contribution in [0, 0.1) is 11.8 Å². The minimum Gasteiger partial charge on any atom is -0.0654 e. The van der Waals surface area contributed by atoms with Gasteiger partial charge in [0.25, 0.3) is 0 Å². The summed E-state index contributed by atoms with van der Waals surface area (Å²) in [6, 6.07) is 0. The van der Waals surface area contributed by atoms with Crippen molar-refractivity contribution in [1.82, 2.24) is 0 Å². The monoisotopic (exact) mass is 282 g/mol. The molecule has 0 aliphatic rings. The van der Waals surface area contributed by atoms with Gasteiger partial charge >= 0.3 is 0 Å². The van der Waals surface area contributed by atoms with E-state index in [1.807, 2.05) is 0 Å². The molecule has 0 amide bonds. The van der Waals surface area contributed by atoms with E-state index in [0.29, 0.717) is 0 Å². The molecule has 0 heterocycles. The van der Waals surface area contributed by atoms with Crippen LogP contribution in [0.2, 0.25) is 0 Å². The van der Waals surface area contributed by atoms with E-state index < -0.39 is 0 Å². The van der Waals surface area contributed by atoms with Crippen molar-refractivity contribution >= 4 is 0 Å². The smallest absolute Gasteiger partial charge is 0.0420 e. The van der Waals surface area contributed by atoms with Crippen molar-refractivity contribution in [2.24, 2.45) is 11.8 Å². The molecule has 20 heavy (non-hydrogen) atoms. The van der Waals surface area contributed by atoms with Gasteiger partial charge in [-0.1, -0.05) is 118 Å². The van der Waals surface area contributed by atoms with Crippen molar-refractivity contribution in [2.45, 2.75) is 118 Å². The highest BCUT2D eigenvalue weighted by molar-refractivity contribution is 4.57. The fraction of sp³-hybridized carbons (Fsp3) is 1.00. The predicted octanol–water partition coefficient (Wildman–Crippen LogP) is 7.76. The Labute approximate surface area is 130 Å². The molecule has 0 aliphatic carbocycles. The van der Waals surface area contributed by atoms with Gasteiger partial charge in [-0.2, -0.15) is 0 Å². The van der Waals surface area contributed by atoms with E-state index in [1.54, 1.807) is 0 Å². The molecular weight excluding hydrogens is 240 g/mol. The fourth-order valence-corrected chi connectivity index (χ4v) is 2.82. The van der Waals surface area contributed by atoms with Gasteiger partial charge in [-0.15, -0.1) is 0 Å². The van der Waals surface area contributed by atoms with Crippen LogP contribution in [0.25, 0.3) is 0 Å². The molecule has 0 spiro atoms. The normalized spacial score (nSPS) is 13.1. The van der Waals surface area contributed by atoms with Gasteiger partial charge in [0.15, 0.2) is 0 Å². The van der Waals surface area contributed by atoms with Crippen LogP contribution >= 0.6 is 0 Å². The summed E-state index contributed by atoms with van der Waals surface area (Å²) in [5.41, 5.74) is 0. The highest BCUT2D eigenvalue weighted by Gasteiger charge is 2.05. The summed E-state index contributed by atoms with van der Waals surface area (Å²) in [5, 5.41) is 0. The van der Waals surface area contributed by atoms with Crippen LogP contribution in [0.5, 0.6) is 0 Å². The summed E-state index contributed by atoms with van der Waals surface area (Å²) in [5.74, 6) is 1.79. The highest BCUT2D eigenvalue weighted by Crippen LogP contribution is 2.18. The molecule has 0 nitrogen and oxygen atoms in total. The molecule has 0 unspecified atom stereocenters. The van der Waals surface area contributed by atoms with E-state index in [-0.39, 0.29) is 0 Å². The molecule has 122 valence electrons. The number of rotatable bonds is 15. The zero-order valence-electron chi connectivity index (χ0n) is 15.1. The maximum Gasteiger partial charge on any atom is -0.0420 e. The van der Waals surface area contributed by atoms with Crippen LogP contribution < -0.4 is 0 Å². The molecule has 1 atom stereocenters. The van der Waals surface area contributed by atoms with Crippen molar-refractivity contribution < 1.29 is 0 Å². The molecule has 0 fully saturated rings. The van der Waals surface area contributed by atoms with Crippen molar-refractivity contribution in [1.29, 1.82) is 0 Å². The molecule has 0 saturated carbocycles. The first-order valence-corrected chi connectivity index (χ1v) is 9.68. The van der Waals surface area contributed by atoms with Crippen LogP contribution in [-0.4, -0.2) is 0 Å². The lowest BCUT2D eigenvalue weighted by molar-refractivity contribution is 0.374. The third-order valence-corrected chi connectivity index (χ3v) is 4.90. The first kappa shape index (κ1) is 20.0. The Balaban J connectivity index is 3.03. The maximum atomic E-state index is 2.41. The van der Waals surface area contributed by atoms with Gasteiger partial charge in [-0.3, -0.25) is 0 Å². The molecule has 0 aliphatic heterocycles. The van der Waals surface area contributed by atoms with E-state index >= 15 is 0 Å². The minimum atomic E-state index is 0.868. The molecule has 0 bridgehead atoms. The molecular formula is C20H42. The highest BCUT2D eigenvalue weighted by atomic mass is 14.1. The quantitative estimate of drug-likeness (QED) is 0.269. The summed E-state index contributed by atoms with van der Waals surface area (Å²) < 4.78 is 0. The van der Waals surface area contributed by atoms with Crippen LogP contribution in [-0.2, 0) is 0 Å². The Morgan fingerprint density at radius 1 is 0.500 bits per heavy atom. The lowest BCUT2D eigenvalue weighted by atomic mass is 9.92. The van der Waals surface area contributed by atoms with Gasteiger partial charge in [-0.05, 0) is 11.8 Å². The fourth-order valence-electron chi connectivity index (χ4n) is 2.82. The van der Waals surface area contributed by atoms with Gasteiger partial charge in [0.05, 0.1) is 0 Å². The first-order chi connectivity index (χ1) is 9.68. The Morgan fingerprint density at radius 2 is 0.850 bits per heavy atom. The van der Waals surface area contributed by atoms with Gasteiger partial charge in [0.1, 0.15) is 0 Å². The predicted molar refractivity (Wildman–Crippen MR) is 94.3 cm³/mol. The number of hydrogen-bond acceptors (Lipinski definition) is 0. The largest absolute Gasteiger partial charge is 0.0654 e. The summed E-state index contributed by atoms with van der Waals surface area (Å²) in [6.45, 7) is 9.41. The zero-order valence-corrected chi connectivity index (χ0v) is 15.1. The molecule has 0 aromatic rings. The third kappa shape index (κ3) is 14.4. The number of hydrogen-bond donors (Lipinski definition) is 0. The summed E-state index contributed by atoms with van der Waals surface area (Å²) in [6.07, 6.45) is 20.5. The van der Waals surface area contributed by atoms with Crippen molar-refractivity contribution in [3.05, 3.63) is 0 Å². The summed E-state index contributed by atoms with van der Waals surface area (Å²) in [4.78, 5) is 0. The Hall–Kier alpha value is 0. The average Bonchev–Trinajstić information content (AvgIpc) is 2.43. The van der Waals surface area contributed by atoms with Gasteiger partial charge in [0, 0.05) is 0 Å². The minimum absolute atomic E-state index is 0.868. The molecule has 0 aromatic carbocycles. The van der Waals surface area contributed by atoms with E-state index in [4.69, 9.17) is 0 Å². The van der Waals surface area contributed by atoms with Gasteiger partial charge < -0.3 is 0 Å². The molecule has 0 aromatic heterocycles. The molecule has 0 radical (unpaired) electrons. The lowest BCUT2D eigenvalue weighted by Gasteiger charge is -2.14. The Kier molecular flexibility index (Phi) is 15.4. The van der Waals surface area contributed by atoms with Crippen molar-refractivity contribution in [3.8, 4) is 0 Å². The van der Waals surface area contributed by atoms with Crippen LogP contribution in [0.15, 0.2) is 0 Å². The molecule has 0 heteroatoms. The summed E-state index contributed by atoms with van der Waals surface area (Å²) in [7, 11) is 0. The Morgan fingerprint density at radius 3 is 1.20 bits per heavy atom. The average molecular weight is 283 g/mol. The maximum absolute atomic E-state index is 2.41. The van der Waals surface area contributed by atoms with Crippen LogP contribution in [0.3, 0.4) is 0 Å². The van der Waals surface area contributed by atoms with Crippen LogP contribution in [0.4, 0.5) is 0 Å². The van der Waals surface area contributed by atoms with E-state index in [2.05, 4.69) is 27.7 Å². The zero-order chi connectivity index (χ0) is 15.1. The molecule has 0 rings (SSSR count). The second-order valence-corrected chi connectivity index (χ2v) is 7.25. The second kappa shape index (κ2) is 15.4. The first-order valence-electron chi connectivity index (χ1n) is 9.68. The van der Waals surface area contributed by atoms with Crippen molar-refractivity contribution in [3.63, 3.8) is 0 Å². The summed E-state index contributed by atoms with van der Waals surface area (Å²) >= 11 is 0. The molecule has 0 saturated heterocycles. The van der Waals surface area contributed by atoms with E-state index in [1.165, 1.54) is 89.9 Å². The topological polar surface area (TPSA) is 0 Å². The van der Waals surface area contributed by atoms with E-state index in [9.17, 15) is 0 Å². The standard InChI is InChI=1S/C20H42/c1-5-6-7-8-9-10-11-12-13-14-15-16-17-18-20(4)19(2)3/h19-20H,5-18H2,1-4H3/t20-/m0/s1. The van der Waals surface area contributed by atoms with E-state index in [0.717, 1.165) is 11.8 Å². The Bertz CT molecular complexity index is 171. The number of unbranched alkanes of at least 4 members (excludes halogenated alkanes) is 12. The third-order valence-electron chi connectivity index (χ3n) is 4.90. The van der Waals surface area contributed by atoms with Crippen LogP contribution in [0.1, 0.15) is 118 Å². The SMILES string of the molecule is CCCCCCCCCCCCCCC[C@H](C)C(C)C. The molecule has 0 N–H and O–H groups in total. The van der Waals surface area contributed by atoms with Gasteiger partial charge in [-0.25, -0.2) is 0 Å². The second-order valence-electron chi connectivity index (χ2n) is 7.25. The van der Waals surface area contributed by atoms with Crippen molar-refractivity contribution in [2.75, 3.05) is 0 Å². The van der Waals surface area contributed by atoms with Gasteiger partial charge in [0.2, 0.25) is 0 Å².